The van der Waals surface area contributed by atoms with Crippen LogP contribution in [0.5, 0.6) is 5.75 Å². The van der Waals surface area contributed by atoms with Gasteiger partial charge in [0.2, 0.25) is 0 Å². The third kappa shape index (κ3) is 6.16. The number of alkyl halides is 1. The SMILES string of the molecule is COc1ccccc1/C(=C\Cl)CC(NC(=S)NCCCl)c1cccc(Cl)c1Cl. The Morgan fingerprint density at radius 2 is 1.93 bits per heavy atom. The molecule has 0 heterocycles. The lowest BCUT2D eigenvalue weighted by molar-refractivity contribution is 0.413. The molecule has 3 nitrogen and oxygen atoms in total. The molecule has 0 aliphatic carbocycles. The van der Waals surface area contributed by atoms with Gasteiger partial charge < -0.3 is 15.4 Å². The van der Waals surface area contributed by atoms with Crippen LogP contribution in [0.4, 0.5) is 0 Å². The lowest BCUT2D eigenvalue weighted by atomic mass is 9.94. The second kappa shape index (κ2) is 11.7. The zero-order chi connectivity index (χ0) is 20.5. The van der Waals surface area contributed by atoms with Gasteiger partial charge in [0.1, 0.15) is 5.75 Å². The number of para-hydroxylation sites is 1. The van der Waals surface area contributed by atoms with Gasteiger partial charge in [0, 0.05) is 23.5 Å². The smallest absolute Gasteiger partial charge is 0.166 e. The molecule has 0 amide bonds. The summed E-state index contributed by atoms with van der Waals surface area (Å²) >= 11 is 30.0. The van der Waals surface area contributed by atoms with E-state index in [2.05, 4.69) is 10.6 Å². The minimum atomic E-state index is -0.267. The second-order valence-electron chi connectivity index (χ2n) is 5.82. The molecular formula is C20H20Cl4N2OS. The number of benzene rings is 2. The summed E-state index contributed by atoms with van der Waals surface area (Å²) < 4.78 is 5.47. The number of rotatable bonds is 8. The van der Waals surface area contributed by atoms with E-state index in [1.807, 2.05) is 36.4 Å². The highest BCUT2D eigenvalue weighted by Gasteiger charge is 2.21. The fourth-order valence-corrected chi connectivity index (χ4v) is 3.73. The largest absolute Gasteiger partial charge is 0.496 e. The van der Waals surface area contributed by atoms with Crippen LogP contribution in [-0.2, 0) is 0 Å². The first-order chi connectivity index (χ1) is 13.5. The molecule has 0 saturated heterocycles. The molecule has 1 atom stereocenters. The Kier molecular flexibility index (Phi) is 9.69. The van der Waals surface area contributed by atoms with Crippen LogP contribution in [-0.4, -0.2) is 24.6 Å². The Bertz CT molecular complexity index is 845. The normalized spacial score (nSPS) is 12.4. The van der Waals surface area contributed by atoms with Crippen LogP contribution in [0.15, 0.2) is 48.0 Å². The second-order valence-corrected chi connectivity index (χ2v) is 7.61. The fraction of sp³-hybridized carbons (Fsp3) is 0.250. The molecule has 150 valence electrons. The first kappa shape index (κ1) is 23.1. The van der Waals surface area contributed by atoms with E-state index in [1.54, 1.807) is 18.7 Å². The molecule has 0 fully saturated rings. The van der Waals surface area contributed by atoms with Gasteiger partial charge in [0.15, 0.2) is 5.11 Å². The molecular weight excluding hydrogens is 458 g/mol. The molecule has 0 saturated carbocycles. The number of methoxy groups -OCH3 is 1. The summed E-state index contributed by atoms with van der Waals surface area (Å²) in [4.78, 5) is 0. The third-order valence-corrected chi connectivity index (χ3v) is 5.60. The maximum atomic E-state index is 6.47. The molecule has 8 heteroatoms. The van der Waals surface area contributed by atoms with Crippen LogP contribution in [0, 0.1) is 0 Å². The van der Waals surface area contributed by atoms with Gasteiger partial charge in [-0.05, 0) is 41.9 Å². The summed E-state index contributed by atoms with van der Waals surface area (Å²) in [7, 11) is 1.62. The quantitative estimate of drug-likeness (QED) is 0.339. The van der Waals surface area contributed by atoms with Gasteiger partial charge >= 0.3 is 0 Å². The van der Waals surface area contributed by atoms with Gasteiger partial charge in [-0.15, -0.1) is 11.6 Å². The van der Waals surface area contributed by atoms with Crippen molar-refractivity contribution >= 4 is 69.3 Å². The first-order valence-electron chi connectivity index (χ1n) is 8.48. The van der Waals surface area contributed by atoms with E-state index in [0.29, 0.717) is 34.0 Å². The molecule has 2 rings (SSSR count). The Labute approximate surface area is 191 Å². The highest BCUT2D eigenvalue weighted by Crippen LogP contribution is 2.37. The molecule has 28 heavy (non-hydrogen) atoms. The zero-order valence-corrected chi connectivity index (χ0v) is 19.0. The average molecular weight is 478 g/mol. The Balaban J connectivity index is 2.37. The van der Waals surface area contributed by atoms with Gasteiger partial charge in [-0.3, -0.25) is 0 Å². The third-order valence-electron chi connectivity index (χ3n) is 4.05. The molecule has 0 aliphatic heterocycles. The van der Waals surface area contributed by atoms with Gasteiger partial charge in [0.25, 0.3) is 0 Å². The predicted octanol–water partition coefficient (Wildman–Crippen LogP) is 6.42. The summed E-state index contributed by atoms with van der Waals surface area (Å²) in [6, 6.07) is 12.9. The Morgan fingerprint density at radius 1 is 1.18 bits per heavy atom. The number of halogens is 4. The highest BCUT2D eigenvalue weighted by atomic mass is 35.5. The van der Waals surface area contributed by atoms with Gasteiger partial charge in [-0.25, -0.2) is 0 Å². The maximum absolute atomic E-state index is 6.47. The Hall–Kier alpha value is -1.17. The van der Waals surface area contributed by atoms with Crippen molar-refractivity contribution < 1.29 is 4.74 Å². The molecule has 0 spiro atoms. The van der Waals surface area contributed by atoms with Crippen molar-refractivity contribution in [1.82, 2.24) is 10.6 Å². The van der Waals surface area contributed by atoms with Crippen molar-refractivity contribution in [2.75, 3.05) is 19.5 Å². The Morgan fingerprint density at radius 3 is 2.61 bits per heavy atom. The maximum Gasteiger partial charge on any atom is 0.166 e. The summed E-state index contributed by atoms with van der Waals surface area (Å²) in [6.45, 7) is 0.550. The van der Waals surface area contributed by atoms with Crippen LogP contribution in [0.2, 0.25) is 10.0 Å². The molecule has 1 unspecified atom stereocenters. The van der Waals surface area contributed by atoms with Crippen LogP contribution < -0.4 is 15.4 Å². The van der Waals surface area contributed by atoms with E-state index in [4.69, 9.17) is 63.4 Å². The molecule has 0 bridgehead atoms. The predicted molar refractivity (Wildman–Crippen MR) is 125 cm³/mol. The van der Waals surface area contributed by atoms with Crippen molar-refractivity contribution in [1.29, 1.82) is 0 Å². The lowest BCUT2D eigenvalue weighted by Gasteiger charge is -2.24. The number of hydrogen-bond donors (Lipinski definition) is 2. The molecule has 2 N–H and O–H groups in total. The summed E-state index contributed by atoms with van der Waals surface area (Å²) in [5, 5.41) is 7.75. The molecule has 0 aliphatic rings. The van der Waals surface area contributed by atoms with Crippen LogP contribution in [0.1, 0.15) is 23.6 Å². The van der Waals surface area contributed by atoms with Gasteiger partial charge in [0.05, 0.1) is 23.2 Å². The topological polar surface area (TPSA) is 33.3 Å². The molecule has 2 aromatic rings. The van der Waals surface area contributed by atoms with Crippen molar-refractivity contribution in [2.24, 2.45) is 0 Å². The van der Waals surface area contributed by atoms with Crippen molar-refractivity contribution in [3.8, 4) is 5.75 Å². The minimum Gasteiger partial charge on any atom is -0.496 e. The van der Waals surface area contributed by atoms with E-state index in [0.717, 1.165) is 22.4 Å². The fourth-order valence-electron chi connectivity index (χ4n) is 2.74. The number of nitrogens with one attached hydrogen (secondary N) is 2. The van der Waals surface area contributed by atoms with Crippen molar-refractivity contribution in [3.05, 3.63) is 69.2 Å². The standard InChI is InChI=1S/C20H20Cl4N2OS/c1-27-18-8-3-2-5-14(18)13(12-22)11-17(26-20(28)25-10-9-21)15-6-4-7-16(23)19(15)24/h2-8,12,17H,9-11H2,1H3,(H2,25,26,28)/b13-12-. The van der Waals surface area contributed by atoms with Crippen LogP contribution >= 0.6 is 58.6 Å². The van der Waals surface area contributed by atoms with Crippen molar-refractivity contribution in [2.45, 2.75) is 12.5 Å². The van der Waals surface area contributed by atoms with E-state index in [-0.39, 0.29) is 6.04 Å². The van der Waals surface area contributed by atoms with E-state index in [9.17, 15) is 0 Å². The van der Waals surface area contributed by atoms with Gasteiger partial charge in [-0.2, -0.15) is 0 Å². The van der Waals surface area contributed by atoms with E-state index < -0.39 is 0 Å². The van der Waals surface area contributed by atoms with Gasteiger partial charge in [-0.1, -0.05) is 65.1 Å². The highest BCUT2D eigenvalue weighted by molar-refractivity contribution is 7.80. The summed E-state index contributed by atoms with van der Waals surface area (Å²) in [6.07, 6.45) is 0.507. The van der Waals surface area contributed by atoms with E-state index >= 15 is 0 Å². The van der Waals surface area contributed by atoms with Crippen LogP contribution in [0.25, 0.3) is 5.57 Å². The minimum absolute atomic E-state index is 0.267. The van der Waals surface area contributed by atoms with Crippen LogP contribution in [0.3, 0.4) is 0 Å². The number of hydrogen-bond acceptors (Lipinski definition) is 2. The monoisotopic (exact) mass is 476 g/mol. The lowest BCUT2D eigenvalue weighted by Crippen LogP contribution is -2.38. The molecule has 0 radical (unpaired) electrons. The van der Waals surface area contributed by atoms with E-state index in [1.165, 1.54) is 0 Å². The first-order valence-corrected chi connectivity index (χ1v) is 10.6. The summed E-state index contributed by atoms with van der Waals surface area (Å²) in [5.74, 6) is 1.17. The molecule has 0 aromatic heterocycles. The van der Waals surface area contributed by atoms with Crippen molar-refractivity contribution in [3.63, 3.8) is 0 Å². The zero-order valence-electron chi connectivity index (χ0n) is 15.1. The summed E-state index contributed by atoms with van der Waals surface area (Å²) in [5.41, 5.74) is 4.12. The average Bonchev–Trinajstić information content (AvgIpc) is 2.71. The molecule has 2 aromatic carbocycles. The number of thiocarbonyl (C=S) groups is 1. The number of ether oxygens (including phenoxy) is 1.